The van der Waals surface area contributed by atoms with Gasteiger partial charge in [-0.3, -0.25) is 24.0 Å². The minimum absolute atomic E-state index is 0. The fourth-order valence-corrected chi connectivity index (χ4v) is 14.3. The Bertz CT molecular complexity index is 2590. The Kier molecular flexibility index (Phi) is 16.4. The van der Waals surface area contributed by atoms with Gasteiger partial charge in [-0.25, -0.2) is 0 Å². The Morgan fingerprint density at radius 1 is 0.429 bits per heavy atom. The predicted molar refractivity (Wildman–Crippen MR) is 287 cm³/mol. The standard InChI is InChI=1S/C15H17BrO2.2C14H15BrO2.C14H13BrO2.CH4/c1-18-12-4-6-15(7-5-12)9-10-2-3-11(16)8-13(10)14(15)17;3*15-10-2-1-9-8-14(13(17)12(9)7-10)5-3-11(16)4-6-14;/h2-3,8,12H,4-7,9H2,1H3;2*1-2,7,11,16H,3-6,8H2;1-2,7H,3-6,8H2;1H4. The second-order valence-corrected chi connectivity index (χ2v) is 24.9. The van der Waals surface area contributed by atoms with Crippen molar-refractivity contribution in [3.63, 3.8) is 0 Å². The third-order valence-electron chi connectivity index (χ3n) is 17.1. The molecule has 8 nitrogen and oxygen atoms in total. The quantitative estimate of drug-likeness (QED) is 0.192. The van der Waals surface area contributed by atoms with Crippen LogP contribution in [-0.4, -0.2) is 64.6 Å². The first-order valence-electron chi connectivity index (χ1n) is 24.7. The number of hydrogen-bond acceptors (Lipinski definition) is 8. The molecule has 0 aromatic heterocycles. The summed E-state index contributed by atoms with van der Waals surface area (Å²) in [5.74, 6) is 1.50. The number of benzene rings is 4. The Morgan fingerprint density at radius 2 is 0.686 bits per heavy atom. The molecule has 0 saturated heterocycles. The first-order valence-corrected chi connectivity index (χ1v) is 27.9. The van der Waals surface area contributed by atoms with Crippen molar-refractivity contribution in [1.29, 1.82) is 0 Å². The summed E-state index contributed by atoms with van der Waals surface area (Å²) in [4.78, 5) is 61.5. The van der Waals surface area contributed by atoms with E-state index >= 15 is 0 Å². The maximum atomic E-state index is 12.7. The highest BCUT2D eigenvalue weighted by Crippen LogP contribution is 2.51. The Balaban J connectivity index is 0.000000125. The third kappa shape index (κ3) is 10.5. The van der Waals surface area contributed by atoms with Crippen molar-refractivity contribution >= 4 is 92.6 Å². The molecule has 8 aliphatic rings. The number of aliphatic hydroxyl groups excluding tert-OH is 2. The summed E-state index contributed by atoms with van der Waals surface area (Å²) in [5.41, 5.74) is 7.47. The van der Waals surface area contributed by atoms with E-state index in [4.69, 9.17) is 4.74 Å². The fraction of sp³-hybridized carbons (Fsp3) is 0.500. The van der Waals surface area contributed by atoms with Crippen LogP contribution >= 0.6 is 63.7 Å². The van der Waals surface area contributed by atoms with Crippen LogP contribution in [0.25, 0.3) is 0 Å². The number of ketones is 5. The molecule has 372 valence electrons. The fourth-order valence-electron chi connectivity index (χ4n) is 12.9. The summed E-state index contributed by atoms with van der Waals surface area (Å²) in [6, 6.07) is 24.0. The van der Waals surface area contributed by atoms with Crippen molar-refractivity contribution < 1.29 is 38.9 Å². The van der Waals surface area contributed by atoms with E-state index < -0.39 is 0 Å². The van der Waals surface area contributed by atoms with Crippen LogP contribution < -0.4 is 0 Å². The van der Waals surface area contributed by atoms with Crippen LogP contribution in [0.3, 0.4) is 0 Å². The molecular weight excluding hydrogens is 1140 g/mol. The van der Waals surface area contributed by atoms with Crippen molar-refractivity contribution in [2.75, 3.05) is 7.11 Å². The monoisotopic (exact) mass is 1200 g/mol. The molecule has 4 fully saturated rings. The lowest BCUT2D eigenvalue weighted by Gasteiger charge is -2.35. The number of hydrogen-bond donors (Lipinski definition) is 2. The van der Waals surface area contributed by atoms with Crippen LogP contribution in [0.15, 0.2) is 90.7 Å². The topological polar surface area (TPSA) is 135 Å². The van der Waals surface area contributed by atoms with Gasteiger partial charge in [0.2, 0.25) is 0 Å². The van der Waals surface area contributed by atoms with E-state index in [9.17, 15) is 34.2 Å². The van der Waals surface area contributed by atoms with Gasteiger partial charge in [-0.15, -0.1) is 0 Å². The molecule has 4 saturated carbocycles. The molecule has 0 radical (unpaired) electrons. The zero-order valence-corrected chi connectivity index (χ0v) is 45.5. The molecule has 4 aromatic rings. The highest BCUT2D eigenvalue weighted by atomic mass is 79.9. The van der Waals surface area contributed by atoms with Gasteiger partial charge in [0.1, 0.15) is 5.78 Å². The van der Waals surface area contributed by atoms with Crippen molar-refractivity contribution in [2.45, 2.75) is 154 Å². The lowest BCUT2D eigenvalue weighted by atomic mass is 9.70. The molecule has 4 spiro atoms. The minimum atomic E-state index is -0.267. The van der Waals surface area contributed by atoms with Crippen LogP contribution in [-0.2, 0) is 35.2 Å². The summed E-state index contributed by atoms with van der Waals surface area (Å²) in [7, 11) is 1.77. The van der Waals surface area contributed by atoms with Gasteiger partial charge in [0, 0.05) is 81.8 Å². The maximum absolute atomic E-state index is 12.7. The van der Waals surface area contributed by atoms with E-state index in [2.05, 4.69) is 81.9 Å². The molecule has 8 aliphatic carbocycles. The molecule has 12 rings (SSSR count). The number of methoxy groups -OCH3 is 1. The highest BCUT2D eigenvalue weighted by molar-refractivity contribution is 9.11. The number of Topliss-reactive ketones (excluding diaryl/α,β-unsaturated/α-hetero) is 5. The number of carbonyl (C=O) groups excluding carboxylic acids is 5. The van der Waals surface area contributed by atoms with E-state index in [1.165, 1.54) is 16.7 Å². The van der Waals surface area contributed by atoms with E-state index in [0.29, 0.717) is 42.1 Å². The lowest BCUT2D eigenvalue weighted by Crippen LogP contribution is -2.35. The molecule has 0 amide bonds. The highest BCUT2D eigenvalue weighted by Gasteiger charge is 2.50. The molecule has 0 aliphatic heterocycles. The largest absolute Gasteiger partial charge is 0.393 e. The van der Waals surface area contributed by atoms with Crippen molar-refractivity contribution in [2.24, 2.45) is 21.7 Å². The number of halogens is 4. The summed E-state index contributed by atoms with van der Waals surface area (Å²) >= 11 is 13.7. The number of ether oxygens (including phenoxy) is 1. The van der Waals surface area contributed by atoms with Crippen molar-refractivity contribution in [3.8, 4) is 0 Å². The molecule has 2 N–H and O–H groups in total. The zero-order chi connectivity index (χ0) is 48.9. The number of rotatable bonds is 1. The number of aliphatic hydroxyl groups is 2. The van der Waals surface area contributed by atoms with Gasteiger partial charge in [0.05, 0.1) is 18.3 Å². The number of fused-ring (bicyclic) bond motifs is 4. The summed E-state index contributed by atoms with van der Waals surface area (Å²) in [6.07, 6.45) is 16.4. The molecule has 4 aromatic carbocycles. The smallest absolute Gasteiger partial charge is 0.169 e. The minimum Gasteiger partial charge on any atom is -0.393 e. The molecule has 0 unspecified atom stereocenters. The van der Waals surface area contributed by atoms with Gasteiger partial charge in [-0.2, -0.15) is 0 Å². The van der Waals surface area contributed by atoms with Gasteiger partial charge >= 0.3 is 0 Å². The second-order valence-electron chi connectivity index (χ2n) is 21.3. The van der Waals surface area contributed by atoms with Crippen LogP contribution in [0.5, 0.6) is 0 Å². The summed E-state index contributed by atoms with van der Waals surface area (Å²) in [6.45, 7) is 0. The van der Waals surface area contributed by atoms with E-state index in [-0.39, 0.29) is 47.1 Å². The Hall–Kier alpha value is -2.97. The van der Waals surface area contributed by atoms with Gasteiger partial charge in [-0.1, -0.05) is 95.4 Å². The molecule has 0 heterocycles. The van der Waals surface area contributed by atoms with Crippen LogP contribution in [0, 0.1) is 21.7 Å². The van der Waals surface area contributed by atoms with E-state index in [0.717, 1.165) is 161 Å². The molecule has 12 heteroatoms. The zero-order valence-electron chi connectivity index (χ0n) is 39.2. The Morgan fingerprint density at radius 3 is 0.957 bits per heavy atom. The summed E-state index contributed by atoms with van der Waals surface area (Å²) in [5, 5.41) is 19.2. The summed E-state index contributed by atoms with van der Waals surface area (Å²) < 4.78 is 9.30. The first-order chi connectivity index (χ1) is 33.0. The van der Waals surface area contributed by atoms with Gasteiger partial charge in [-0.05, 0) is 186 Å². The number of carbonyl (C=O) groups is 5. The third-order valence-corrected chi connectivity index (χ3v) is 19.1. The van der Waals surface area contributed by atoms with Crippen LogP contribution in [0.1, 0.15) is 174 Å². The average molecular weight is 1210 g/mol. The van der Waals surface area contributed by atoms with E-state index in [1.54, 1.807) is 7.11 Å². The van der Waals surface area contributed by atoms with Crippen molar-refractivity contribution in [1.82, 2.24) is 0 Å². The lowest BCUT2D eigenvalue weighted by molar-refractivity contribution is -0.121. The van der Waals surface area contributed by atoms with Crippen molar-refractivity contribution in [3.05, 3.63) is 135 Å². The Labute approximate surface area is 446 Å². The normalized spacial score (nSPS) is 28.7. The van der Waals surface area contributed by atoms with Crippen LogP contribution in [0.4, 0.5) is 0 Å². The first kappa shape index (κ1) is 53.3. The second kappa shape index (κ2) is 21.5. The van der Waals surface area contributed by atoms with E-state index in [1.807, 2.05) is 54.6 Å². The SMILES string of the molecule is C.COC1CCC2(CC1)Cc1ccc(Br)cc1C2=O.O=C1CCC2(CC1)Cc1ccc(Br)cc1C2=O.O=C1c2cc(Br)ccc2CC12CCC(O)CC2.O=C1c2cc(Br)ccc2CC12CCC(O)CC2. The average Bonchev–Trinajstić information content (AvgIpc) is 3.97. The molecular formula is C58H64Br4O8. The molecule has 70 heavy (non-hydrogen) atoms. The predicted octanol–water partition coefficient (Wildman–Crippen LogP) is 13.9. The van der Waals surface area contributed by atoms with Gasteiger partial charge in [0.15, 0.2) is 23.1 Å². The van der Waals surface area contributed by atoms with Crippen LogP contribution in [0.2, 0.25) is 0 Å². The molecule has 0 atom stereocenters. The molecule has 0 bridgehead atoms. The van der Waals surface area contributed by atoms with Gasteiger partial charge < -0.3 is 14.9 Å². The maximum Gasteiger partial charge on any atom is 0.169 e. The van der Waals surface area contributed by atoms with Gasteiger partial charge in [0.25, 0.3) is 0 Å².